The lowest BCUT2D eigenvalue weighted by Gasteiger charge is -2.06. The Hall–Kier alpha value is -1.16. The SMILES string of the molecule is CC(C)c1ccnc(NCCO)n1. The quantitative estimate of drug-likeness (QED) is 0.727. The fourth-order valence-electron chi connectivity index (χ4n) is 0.947. The van der Waals surface area contributed by atoms with E-state index in [1.807, 2.05) is 6.07 Å². The van der Waals surface area contributed by atoms with E-state index in [1.165, 1.54) is 0 Å². The molecule has 0 aliphatic rings. The topological polar surface area (TPSA) is 58.0 Å². The van der Waals surface area contributed by atoms with Crippen molar-refractivity contribution in [2.75, 3.05) is 18.5 Å². The summed E-state index contributed by atoms with van der Waals surface area (Å²) in [6.45, 7) is 4.74. The number of rotatable bonds is 4. The van der Waals surface area contributed by atoms with Crippen molar-refractivity contribution in [1.29, 1.82) is 0 Å². The van der Waals surface area contributed by atoms with E-state index in [1.54, 1.807) is 6.20 Å². The predicted molar refractivity (Wildman–Crippen MR) is 51.7 cm³/mol. The first-order valence-corrected chi connectivity index (χ1v) is 4.41. The molecule has 4 heteroatoms. The predicted octanol–water partition coefficient (Wildman–Crippen LogP) is 1.00. The largest absolute Gasteiger partial charge is 0.395 e. The maximum atomic E-state index is 8.59. The molecule has 0 spiro atoms. The third-order valence-electron chi connectivity index (χ3n) is 1.66. The molecule has 0 amide bonds. The van der Waals surface area contributed by atoms with Gasteiger partial charge in [0.1, 0.15) is 0 Å². The van der Waals surface area contributed by atoms with Crippen LogP contribution < -0.4 is 5.32 Å². The summed E-state index contributed by atoms with van der Waals surface area (Å²) in [6.07, 6.45) is 1.72. The van der Waals surface area contributed by atoms with Crippen LogP contribution in [0.4, 0.5) is 5.95 Å². The Morgan fingerprint density at radius 1 is 1.54 bits per heavy atom. The van der Waals surface area contributed by atoms with Crippen LogP contribution in [0.1, 0.15) is 25.5 Å². The van der Waals surface area contributed by atoms with Crippen LogP contribution in [-0.2, 0) is 0 Å². The highest BCUT2D eigenvalue weighted by molar-refractivity contribution is 5.25. The van der Waals surface area contributed by atoms with Gasteiger partial charge in [0.2, 0.25) is 5.95 Å². The molecule has 0 aromatic carbocycles. The van der Waals surface area contributed by atoms with Crippen LogP contribution in [0, 0.1) is 0 Å². The molecule has 0 saturated heterocycles. The Balaban J connectivity index is 2.68. The van der Waals surface area contributed by atoms with E-state index < -0.39 is 0 Å². The molecule has 0 fully saturated rings. The van der Waals surface area contributed by atoms with Crippen molar-refractivity contribution in [3.05, 3.63) is 18.0 Å². The highest BCUT2D eigenvalue weighted by atomic mass is 16.3. The van der Waals surface area contributed by atoms with Gasteiger partial charge in [-0.25, -0.2) is 9.97 Å². The van der Waals surface area contributed by atoms with Crippen molar-refractivity contribution in [2.24, 2.45) is 0 Å². The minimum atomic E-state index is 0.0925. The highest BCUT2D eigenvalue weighted by Crippen LogP contribution is 2.11. The van der Waals surface area contributed by atoms with Gasteiger partial charge in [0.25, 0.3) is 0 Å². The molecule has 13 heavy (non-hydrogen) atoms. The number of aromatic nitrogens is 2. The number of aliphatic hydroxyl groups is 1. The van der Waals surface area contributed by atoms with E-state index in [0.717, 1.165) is 5.69 Å². The molecule has 0 bridgehead atoms. The van der Waals surface area contributed by atoms with Gasteiger partial charge in [0.15, 0.2) is 0 Å². The molecule has 1 aromatic rings. The Bertz CT molecular complexity index is 263. The standard InChI is InChI=1S/C9H15N3O/c1-7(2)8-3-4-10-9(12-8)11-5-6-13/h3-4,7,13H,5-6H2,1-2H3,(H,10,11,12). The lowest BCUT2D eigenvalue weighted by Crippen LogP contribution is -2.09. The van der Waals surface area contributed by atoms with Gasteiger partial charge in [-0.1, -0.05) is 13.8 Å². The average Bonchev–Trinajstić information content (AvgIpc) is 2.15. The minimum absolute atomic E-state index is 0.0925. The molecule has 0 unspecified atom stereocenters. The second-order valence-electron chi connectivity index (χ2n) is 3.11. The molecule has 0 atom stereocenters. The minimum Gasteiger partial charge on any atom is -0.395 e. The third kappa shape index (κ3) is 2.99. The van der Waals surface area contributed by atoms with Crippen molar-refractivity contribution in [3.63, 3.8) is 0 Å². The van der Waals surface area contributed by atoms with Crippen LogP contribution in [0.3, 0.4) is 0 Å². The van der Waals surface area contributed by atoms with Crippen LogP contribution in [0.2, 0.25) is 0 Å². The lowest BCUT2D eigenvalue weighted by molar-refractivity contribution is 0.311. The normalized spacial score (nSPS) is 10.5. The van der Waals surface area contributed by atoms with Crippen molar-refractivity contribution in [2.45, 2.75) is 19.8 Å². The summed E-state index contributed by atoms with van der Waals surface area (Å²) in [5.41, 5.74) is 1.01. The Morgan fingerprint density at radius 3 is 2.92 bits per heavy atom. The van der Waals surface area contributed by atoms with E-state index in [2.05, 4.69) is 29.1 Å². The molecule has 4 nitrogen and oxygen atoms in total. The Labute approximate surface area is 78.0 Å². The van der Waals surface area contributed by atoms with Gasteiger partial charge in [0, 0.05) is 18.4 Å². The third-order valence-corrected chi connectivity index (χ3v) is 1.66. The molecule has 0 radical (unpaired) electrons. The monoisotopic (exact) mass is 181 g/mol. The average molecular weight is 181 g/mol. The van der Waals surface area contributed by atoms with E-state index in [0.29, 0.717) is 18.4 Å². The van der Waals surface area contributed by atoms with Crippen molar-refractivity contribution < 1.29 is 5.11 Å². The van der Waals surface area contributed by atoms with Crippen LogP contribution >= 0.6 is 0 Å². The second kappa shape index (κ2) is 4.77. The Morgan fingerprint density at radius 2 is 2.31 bits per heavy atom. The fraction of sp³-hybridized carbons (Fsp3) is 0.556. The molecule has 1 rings (SSSR count). The van der Waals surface area contributed by atoms with Crippen LogP contribution in [0.25, 0.3) is 0 Å². The van der Waals surface area contributed by atoms with Gasteiger partial charge in [-0.2, -0.15) is 0 Å². The van der Waals surface area contributed by atoms with Gasteiger partial charge >= 0.3 is 0 Å². The first-order valence-electron chi connectivity index (χ1n) is 4.41. The molecule has 0 aliphatic carbocycles. The summed E-state index contributed by atoms with van der Waals surface area (Å²) in [4.78, 5) is 8.30. The van der Waals surface area contributed by atoms with Crippen LogP contribution in [-0.4, -0.2) is 28.2 Å². The zero-order valence-electron chi connectivity index (χ0n) is 7.99. The molecule has 1 aromatic heterocycles. The second-order valence-corrected chi connectivity index (χ2v) is 3.11. The molecular formula is C9H15N3O. The fourth-order valence-corrected chi connectivity index (χ4v) is 0.947. The van der Waals surface area contributed by atoms with Crippen molar-refractivity contribution in [3.8, 4) is 0 Å². The van der Waals surface area contributed by atoms with E-state index in [-0.39, 0.29) is 6.61 Å². The van der Waals surface area contributed by atoms with Gasteiger partial charge in [0.05, 0.1) is 6.61 Å². The number of hydrogen-bond donors (Lipinski definition) is 2. The molecule has 0 aliphatic heterocycles. The summed E-state index contributed by atoms with van der Waals surface area (Å²) in [6, 6.07) is 1.90. The summed E-state index contributed by atoms with van der Waals surface area (Å²) in [5, 5.41) is 11.5. The van der Waals surface area contributed by atoms with E-state index in [4.69, 9.17) is 5.11 Å². The molecule has 0 saturated carbocycles. The van der Waals surface area contributed by atoms with Gasteiger partial charge < -0.3 is 10.4 Å². The van der Waals surface area contributed by atoms with Gasteiger partial charge in [-0.05, 0) is 12.0 Å². The number of hydrogen-bond acceptors (Lipinski definition) is 4. The van der Waals surface area contributed by atoms with Crippen molar-refractivity contribution >= 4 is 5.95 Å². The molecule has 72 valence electrons. The van der Waals surface area contributed by atoms with Crippen molar-refractivity contribution in [1.82, 2.24) is 9.97 Å². The summed E-state index contributed by atoms with van der Waals surface area (Å²) >= 11 is 0. The number of aliphatic hydroxyl groups excluding tert-OH is 1. The highest BCUT2D eigenvalue weighted by Gasteiger charge is 2.01. The first kappa shape index (κ1) is 9.92. The molecular weight excluding hydrogens is 166 g/mol. The molecule has 1 heterocycles. The maximum absolute atomic E-state index is 8.59. The van der Waals surface area contributed by atoms with Crippen LogP contribution in [0.15, 0.2) is 12.3 Å². The van der Waals surface area contributed by atoms with E-state index in [9.17, 15) is 0 Å². The number of nitrogens with zero attached hydrogens (tertiary/aromatic N) is 2. The summed E-state index contributed by atoms with van der Waals surface area (Å²) in [7, 11) is 0. The summed E-state index contributed by atoms with van der Waals surface area (Å²) in [5.74, 6) is 0.984. The summed E-state index contributed by atoms with van der Waals surface area (Å²) < 4.78 is 0. The van der Waals surface area contributed by atoms with Gasteiger partial charge in [-0.3, -0.25) is 0 Å². The molecule has 2 N–H and O–H groups in total. The van der Waals surface area contributed by atoms with E-state index >= 15 is 0 Å². The number of anilines is 1. The maximum Gasteiger partial charge on any atom is 0.222 e. The van der Waals surface area contributed by atoms with Crippen LogP contribution in [0.5, 0.6) is 0 Å². The van der Waals surface area contributed by atoms with Gasteiger partial charge in [-0.15, -0.1) is 0 Å². The lowest BCUT2D eigenvalue weighted by atomic mass is 10.1. The number of nitrogens with one attached hydrogen (secondary N) is 1. The Kier molecular flexibility index (Phi) is 3.64. The first-order chi connectivity index (χ1) is 6.24. The zero-order valence-corrected chi connectivity index (χ0v) is 7.99. The smallest absolute Gasteiger partial charge is 0.222 e. The zero-order chi connectivity index (χ0) is 9.68.